The van der Waals surface area contributed by atoms with Gasteiger partial charge in [-0.1, -0.05) is 18.5 Å². The third-order valence-electron chi connectivity index (χ3n) is 2.65. The summed E-state index contributed by atoms with van der Waals surface area (Å²) >= 11 is 5.95. The fourth-order valence-electron chi connectivity index (χ4n) is 1.80. The van der Waals surface area contributed by atoms with Crippen LogP contribution in [0.15, 0.2) is 18.2 Å². The Labute approximate surface area is 113 Å². The van der Waals surface area contributed by atoms with E-state index >= 15 is 0 Å². The summed E-state index contributed by atoms with van der Waals surface area (Å²) in [5.74, 6) is 0.0746. The molecule has 0 aliphatic carbocycles. The molecule has 4 heteroatoms. The third kappa shape index (κ3) is 5.23. The Bertz CT molecular complexity index is 373. The van der Waals surface area contributed by atoms with Crippen LogP contribution in [0.5, 0.6) is 5.75 Å². The van der Waals surface area contributed by atoms with Crippen LogP contribution >= 0.6 is 11.6 Å². The van der Waals surface area contributed by atoms with Crippen LogP contribution in [0.25, 0.3) is 0 Å². The summed E-state index contributed by atoms with van der Waals surface area (Å²) in [7, 11) is 0. The summed E-state index contributed by atoms with van der Waals surface area (Å²) in [5, 5.41) is 3.83. The second-order valence-electron chi connectivity index (χ2n) is 4.59. The molecule has 0 fully saturated rings. The Hall–Kier alpha value is -0.800. The lowest BCUT2D eigenvalue weighted by Crippen LogP contribution is -2.31. The van der Waals surface area contributed by atoms with Gasteiger partial charge in [-0.15, -0.1) is 0 Å². The highest BCUT2D eigenvalue weighted by Crippen LogP contribution is 2.26. The topological polar surface area (TPSA) is 21.3 Å². The first-order valence-electron chi connectivity index (χ1n) is 6.38. The molecular formula is C14H21ClFNO. The molecule has 0 aliphatic rings. The lowest BCUT2D eigenvalue weighted by Gasteiger charge is -2.20. The van der Waals surface area contributed by atoms with Crippen molar-refractivity contribution >= 4 is 11.6 Å². The fraction of sp³-hybridized carbons (Fsp3) is 0.571. The van der Waals surface area contributed by atoms with Gasteiger partial charge in [0.15, 0.2) is 0 Å². The average Bonchev–Trinajstić information content (AvgIpc) is 2.31. The molecule has 102 valence electrons. The Morgan fingerprint density at radius 2 is 2.11 bits per heavy atom. The molecule has 0 saturated heterocycles. The van der Waals surface area contributed by atoms with Crippen molar-refractivity contribution in [2.75, 3.05) is 6.54 Å². The van der Waals surface area contributed by atoms with Gasteiger partial charge in [0.1, 0.15) is 11.6 Å². The zero-order valence-corrected chi connectivity index (χ0v) is 11.9. The van der Waals surface area contributed by atoms with Gasteiger partial charge in [-0.25, -0.2) is 4.39 Å². The molecule has 1 rings (SSSR count). The molecule has 0 bridgehead atoms. The van der Waals surface area contributed by atoms with Crippen LogP contribution in [0.1, 0.15) is 33.6 Å². The van der Waals surface area contributed by atoms with E-state index in [4.69, 9.17) is 16.3 Å². The second-order valence-corrected chi connectivity index (χ2v) is 5.00. The second kappa shape index (κ2) is 7.59. The smallest absolute Gasteiger partial charge is 0.141 e. The molecule has 0 amide bonds. The Kier molecular flexibility index (Phi) is 6.44. The number of hydrogen-bond donors (Lipinski definition) is 1. The van der Waals surface area contributed by atoms with Crippen molar-refractivity contribution in [1.82, 2.24) is 5.32 Å². The zero-order valence-electron chi connectivity index (χ0n) is 11.2. The first-order valence-corrected chi connectivity index (χ1v) is 6.75. The van der Waals surface area contributed by atoms with E-state index in [1.807, 2.05) is 6.92 Å². The van der Waals surface area contributed by atoms with Gasteiger partial charge in [0, 0.05) is 12.1 Å². The maximum atomic E-state index is 13.1. The van der Waals surface area contributed by atoms with E-state index in [1.165, 1.54) is 18.2 Å². The van der Waals surface area contributed by atoms with Crippen LogP contribution in [0.3, 0.4) is 0 Å². The minimum Gasteiger partial charge on any atom is -0.489 e. The molecule has 1 N–H and O–H groups in total. The first kappa shape index (κ1) is 15.3. The highest BCUT2D eigenvalue weighted by Gasteiger charge is 2.12. The molecule has 0 heterocycles. The monoisotopic (exact) mass is 273 g/mol. The van der Waals surface area contributed by atoms with E-state index in [0.717, 1.165) is 19.4 Å². The van der Waals surface area contributed by atoms with Crippen molar-refractivity contribution in [2.45, 2.75) is 45.8 Å². The van der Waals surface area contributed by atoms with E-state index in [2.05, 4.69) is 19.2 Å². The summed E-state index contributed by atoms with van der Waals surface area (Å²) < 4.78 is 18.7. The van der Waals surface area contributed by atoms with Crippen LogP contribution in [0, 0.1) is 5.82 Å². The van der Waals surface area contributed by atoms with E-state index < -0.39 is 0 Å². The molecule has 1 aromatic carbocycles. The molecule has 18 heavy (non-hydrogen) atoms. The number of rotatable bonds is 7. The highest BCUT2D eigenvalue weighted by molar-refractivity contribution is 6.32. The molecule has 2 unspecified atom stereocenters. The normalized spacial score (nSPS) is 14.3. The third-order valence-corrected chi connectivity index (χ3v) is 2.96. The number of benzene rings is 1. The van der Waals surface area contributed by atoms with E-state index in [1.54, 1.807) is 0 Å². The highest BCUT2D eigenvalue weighted by atomic mass is 35.5. The Morgan fingerprint density at radius 1 is 1.39 bits per heavy atom. The first-order chi connectivity index (χ1) is 8.52. The standard InChI is InChI=1S/C14H21ClFNO/c1-4-7-17-10(2)8-11(3)18-14-9-12(16)5-6-13(14)15/h5-6,9-11,17H,4,7-8H2,1-3H3. The molecule has 2 atom stereocenters. The van der Waals surface area contributed by atoms with E-state index in [-0.39, 0.29) is 11.9 Å². The lowest BCUT2D eigenvalue weighted by atomic mass is 10.1. The van der Waals surface area contributed by atoms with Crippen molar-refractivity contribution in [3.8, 4) is 5.75 Å². The minimum absolute atomic E-state index is 0.0105. The van der Waals surface area contributed by atoms with Gasteiger partial charge in [-0.3, -0.25) is 0 Å². The Balaban J connectivity index is 2.48. The van der Waals surface area contributed by atoms with Crippen LogP contribution in [-0.2, 0) is 0 Å². The Morgan fingerprint density at radius 3 is 2.78 bits per heavy atom. The molecule has 0 aromatic heterocycles. The predicted octanol–water partition coefficient (Wildman–Crippen LogP) is 4.02. The predicted molar refractivity (Wildman–Crippen MR) is 73.9 cm³/mol. The quantitative estimate of drug-likeness (QED) is 0.810. The van der Waals surface area contributed by atoms with Crippen molar-refractivity contribution in [2.24, 2.45) is 0 Å². The van der Waals surface area contributed by atoms with Crippen molar-refractivity contribution in [3.05, 3.63) is 29.0 Å². The van der Waals surface area contributed by atoms with Gasteiger partial charge in [-0.05, 0) is 45.4 Å². The van der Waals surface area contributed by atoms with Crippen LogP contribution < -0.4 is 10.1 Å². The van der Waals surface area contributed by atoms with Gasteiger partial charge >= 0.3 is 0 Å². The lowest BCUT2D eigenvalue weighted by molar-refractivity contribution is 0.195. The molecule has 0 saturated carbocycles. The van der Waals surface area contributed by atoms with Crippen molar-refractivity contribution in [3.63, 3.8) is 0 Å². The fourth-order valence-corrected chi connectivity index (χ4v) is 1.97. The summed E-state index contributed by atoms with van der Waals surface area (Å²) in [5.41, 5.74) is 0. The largest absolute Gasteiger partial charge is 0.489 e. The number of ether oxygens (including phenoxy) is 1. The average molecular weight is 274 g/mol. The molecule has 0 aliphatic heterocycles. The molecule has 2 nitrogen and oxygen atoms in total. The van der Waals surface area contributed by atoms with Crippen LogP contribution in [-0.4, -0.2) is 18.7 Å². The van der Waals surface area contributed by atoms with Crippen molar-refractivity contribution in [1.29, 1.82) is 0 Å². The number of nitrogens with one attached hydrogen (secondary N) is 1. The van der Waals surface area contributed by atoms with E-state index in [9.17, 15) is 4.39 Å². The van der Waals surface area contributed by atoms with Crippen LogP contribution in [0.2, 0.25) is 5.02 Å². The van der Waals surface area contributed by atoms with Gasteiger partial charge in [0.05, 0.1) is 11.1 Å². The summed E-state index contributed by atoms with van der Waals surface area (Å²) in [6, 6.07) is 4.53. The maximum absolute atomic E-state index is 13.1. The SMILES string of the molecule is CCCNC(C)CC(C)Oc1cc(F)ccc1Cl. The number of halogens is 2. The summed E-state index contributed by atoms with van der Waals surface area (Å²) in [6.45, 7) is 7.20. The molecule has 0 spiro atoms. The molecule has 1 aromatic rings. The zero-order chi connectivity index (χ0) is 13.5. The van der Waals surface area contributed by atoms with Crippen molar-refractivity contribution < 1.29 is 9.13 Å². The minimum atomic E-state index is -0.334. The molecular weight excluding hydrogens is 253 g/mol. The van der Waals surface area contributed by atoms with Crippen LogP contribution in [0.4, 0.5) is 4.39 Å². The summed E-state index contributed by atoms with van der Waals surface area (Å²) in [6.07, 6.45) is 1.95. The van der Waals surface area contributed by atoms with Gasteiger partial charge in [-0.2, -0.15) is 0 Å². The summed E-state index contributed by atoms with van der Waals surface area (Å²) in [4.78, 5) is 0. The molecule has 0 radical (unpaired) electrons. The van der Waals surface area contributed by atoms with Gasteiger partial charge in [0.2, 0.25) is 0 Å². The maximum Gasteiger partial charge on any atom is 0.141 e. The van der Waals surface area contributed by atoms with Gasteiger partial charge in [0.25, 0.3) is 0 Å². The number of hydrogen-bond acceptors (Lipinski definition) is 2. The van der Waals surface area contributed by atoms with E-state index in [0.29, 0.717) is 16.8 Å². The van der Waals surface area contributed by atoms with Gasteiger partial charge < -0.3 is 10.1 Å².